The number of benzene rings is 1. The van der Waals surface area contributed by atoms with E-state index < -0.39 is 0 Å². The number of hydrogen-bond acceptors (Lipinski definition) is 3. The number of aromatic nitrogens is 1. The third-order valence-electron chi connectivity index (χ3n) is 2.48. The zero-order valence-electron chi connectivity index (χ0n) is 10.1. The summed E-state index contributed by atoms with van der Waals surface area (Å²) in [6.07, 6.45) is 1.58. The fraction of sp³-hybridized carbons (Fsp3) is 0.0769. The topological polar surface area (TPSA) is 54.0 Å². The molecule has 6 heteroatoms. The van der Waals surface area contributed by atoms with Crippen molar-refractivity contribution in [2.24, 2.45) is 0 Å². The van der Waals surface area contributed by atoms with Crippen molar-refractivity contribution in [1.29, 1.82) is 0 Å². The summed E-state index contributed by atoms with van der Waals surface area (Å²) in [5.74, 6) is -0.341. The van der Waals surface area contributed by atoms with Crippen molar-refractivity contribution >= 4 is 40.5 Å². The Morgan fingerprint density at radius 1 is 1.21 bits per heavy atom. The van der Waals surface area contributed by atoms with Crippen LogP contribution in [0.2, 0.25) is 10.0 Å². The third-order valence-corrected chi connectivity index (χ3v) is 3.30. The first-order valence-electron chi connectivity index (χ1n) is 5.51. The van der Waals surface area contributed by atoms with Crippen LogP contribution in [0.1, 0.15) is 10.5 Å². The highest BCUT2D eigenvalue weighted by atomic mass is 35.5. The molecular formula is C13H11Cl2N3O. The average molecular weight is 296 g/mol. The minimum absolute atomic E-state index is 0.301. The maximum atomic E-state index is 12.0. The molecule has 0 fully saturated rings. The molecule has 0 aliphatic carbocycles. The molecule has 4 nitrogen and oxygen atoms in total. The minimum Gasteiger partial charge on any atom is -0.387 e. The third kappa shape index (κ3) is 3.16. The molecule has 1 amide bonds. The zero-order chi connectivity index (χ0) is 13.8. The van der Waals surface area contributed by atoms with Crippen LogP contribution in [0.3, 0.4) is 0 Å². The van der Waals surface area contributed by atoms with E-state index in [1.807, 2.05) is 0 Å². The summed E-state index contributed by atoms with van der Waals surface area (Å²) >= 11 is 11.9. The molecule has 0 aliphatic rings. The summed E-state index contributed by atoms with van der Waals surface area (Å²) in [5, 5.41) is 6.29. The Kier molecular flexibility index (Phi) is 4.24. The second-order valence-corrected chi connectivity index (χ2v) is 4.52. The van der Waals surface area contributed by atoms with Crippen LogP contribution in [0.4, 0.5) is 11.4 Å². The highest BCUT2D eigenvalue weighted by Gasteiger charge is 2.11. The van der Waals surface area contributed by atoms with Crippen LogP contribution in [0, 0.1) is 0 Å². The molecule has 19 heavy (non-hydrogen) atoms. The lowest BCUT2D eigenvalue weighted by Crippen LogP contribution is -2.14. The minimum atomic E-state index is -0.341. The Balaban J connectivity index is 2.18. The number of amides is 1. The van der Waals surface area contributed by atoms with Crippen molar-refractivity contribution in [1.82, 2.24) is 4.98 Å². The van der Waals surface area contributed by atoms with Crippen LogP contribution in [0.5, 0.6) is 0 Å². The van der Waals surface area contributed by atoms with Crippen molar-refractivity contribution in [3.63, 3.8) is 0 Å². The molecule has 0 unspecified atom stereocenters. The Labute approximate surface area is 120 Å². The summed E-state index contributed by atoms with van der Waals surface area (Å²) in [5.41, 5.74) is 1.59. The van der Waals surface area contributed by atoms with Gasteiger partial charge >= 0.3 is 0 Å². The quantitative estimate of drug-likeness (QED) is 0.908. The summed E-state index contributed by atoms with van der Waals surface area (Å²) < 4.78 is 0. The Bertz CT molecular complexity index is 599. The molecule has 1 aromatic heterocycles. The van der Waals surface area contributed by atoms with E-state index >= 15 is 0 Å². The van der Waals surface area contributed by atoms with Crippen molar-refractivity contribution < 1.29 is 4.79 Å². The maximum absolute atomic E-state index is 12.0. The van der Waals surface area contributed by atoms with E-state index in [9.17, 15) is 4.79 Å². The van der Waals surface area contributed by atoms with Gasteiger partial charge in [0.2, 0.25) is 0 Å². The van der Waals surface area contributed by atoms with Gasteiger partial charge in [0, 0.05) is 7.05 Å². The van der Waals surface area contributed by atoms with E-state index in [1.54, 1.807) is 43.6 Å². The number of nitrogens with zero attached hydrogens (tertiary/aromatic N) is 1. The molecule has 0 radical (unpaired) electrons. The van der Waals surface area contributed by atoms with E-state index in [0.717, 1.165) is 5.69 Å². The van der Waals surface area contributed by atoms with Crippen LogP contribution < -0.4 is 10.6 Å². The highest BCUT2D eigenvalue weighted by Crippen LogP contribution is 2.29. The van der Waals surface area contributed by atoms with E-state index in [2.05, 4.69) is 15.6 Å². The second kappa shape index (κ2) is 5.91. The number of carbonyl (C=O) groups is 1. The predicted octanol–water partition coefficient (Wildman–Crippen LogP) is 3.68. The molecule has 0 spiro atoms. The first-order chi connectivity index (χ1) is 9.11. The molecule has 1 aromatic carbocycles. The largest absolute Gasteiger partial charge is 0.387 e. The van der Waals surface area contributed by atoms with Crippen molar-refractivity contribution in [2.75, 3.05) is 17.7 Å². The van der Waals surface area contributed by atoms with Crippen LogP contribution in [-0.2, 0) is 0 Å². The van der Waals surface area contributed by atoms with E-state index in [-0.39, 0.29) is 5.91 Å². The van der Waals surface area contributed by atoms with Gasteiger partial charge in [0.15, 0.2) is 0 Å². The molecule has 1 heterocycles. The maximum Gasteiger partial charge on any atom is 0.274 e. The summed E-state index contributed by atoms with van der Waals surface area (Å²) in [6, 6.07) is 8.43. The molecule has 2 aromatic rings. The highest BCUT2D eigenvalue weighted by molar-refractivity contribution is 6.44. The number of pyridine rings is 1. The van der Waals surface area contributed by atoms with Gasteiger partial charge < -0.3 is 10.6 Å². The normalized spacial score (nSPS) is 10.1. The van der Waals surface area contributed by atoms with E-state index in [4.69, 9.17) is 23.2 Å². The lowest BCUT2D eigenvalue weighted by atomic mass is 10.3. The average Bonchev–Trinajstić information content (AvgIpc) is 2.44. The lowest BCUT2D eigenvalue weighted by molar-refractivity contribution is 0.102. The van der Waals surface area contributed by atoms with Crippen molar-refractivity contribution in [3.05, 3.63) is 52.3 Å². The van der Waals surface area contributed by atoms with Crippen LogP contribution in [0.25, 0.3) is 0 Å². The standard InChI is InChI=1S/C13H11Cl2N3O/c1-16-8-5-6-11(17-7-8)13(19)18-10-4-2-3-9(14)12(10)15/h2-7,16H,1H3,(H,18,19). The van der Waals surface area contributed by atoms with Gasteiger partial charge in [-0.1, -0.05) is 29.3 Å². The van der Waals surface area contributed by atoms with E-state index in [0.29, 0.717) is 21.4 Å². The fourth-order valence-electron chi connectivity index (χ4n) is 1.46. The summed E-state index contributed by atoms with van der Waals surface area (Å²) in [6.45, 7) is 0. The molecule has 0 atom stereocenters. The van der Waals surface area contributed by atoms with Gasteiger partial charge in [-0.05, 0) is 24.3 Å². The first-order valence-corrected chi connectivity index (χ1v) is 6.26. The van der Waals surface area contributed by atoms with Gasteiger partial charge in [-0.15, -0.1) is 0 Å². The molecule has 0 saturated heterocycles. The number of hydrogen-bond donors (Lipinski definition) is 2. The molecular weight excluding hydrogens is 285 g/mol. The number of rotatable bonds is 3. The molecule has 98 valence electrons. The predicted molar refractivity (Wildman–Crippen MR) is 78.2 cm³/mol. The zero-order valence-corrected chi connectivity index (χ0v) is 11.6. The van der Waals surface area contributed by atoms with Gasteiger partial charge in [0.25, 0.3) is 5.91 Å². The monoisotopic (exact) mass is 295 g/mol. The van der Waals surface area contributed by atoms with Gasteiger partial charge in [-0.2, -0.15) is 0 Å². The first kappa shape index (κ1) is 13.6. The smallest absolute Gasteiger partial charge is 0.274 e. The number of nitrogens with one attached hydrogen (secondary N) is 2. The molecule has 2 rings (SSSR count). The summed E-state index contributed by atoms with van der Waals surface area (Å²) in [4.78, 5) is 16.0. The Morgan fingerprint density at radius 3 is 2.63 bits per heavy atom. The molecule has 0 aliphatic heterocycles. The van der Waals surface area contributed by atoms with Gasteiger partial charge in [0.05, 0.1) is 27.6 Å². The van der Waals surface area contributed by atoms with Crippen molar-refractivity contribution in [3.8, 4) is 0 Å². The Morgan fingerprint density at radius 2 is 2.00 bits per heavy atom. The summed E-state index contributed by atoms with van der Waals surface area (Å²) in [7, 11) is 1.78. The number of anilines is 2. The van der Waals surface area contributed by atoms with Crippen LogP contribution >= 0.6 is 23.2 Å². The number of carbonyl (C=O) groups excluding carboxylic acids is 1. The van der Waals surface area contributed by atoms with Gasteiger partial charge in [0.1, 0.15) is 5.69 Å². The van der Waals surface area contributed by atoms with Crippen LogP contribution in [-0.4, -0.2) is 17.9 Å². The molecule has 0 saturated carbocycles. The molecule has 0 bridgehead atoms. The van der Waals surface area contributed by atoms with E-state index in [1.165, 1.54) is 0 Å². The molecule has 2 N–H and O–H groups in total. The van der Waals surface area contributed by atoms with Gasteiger partial charge in [-0.3, -0.25) is 4.79 Å². The van der Waals surface area contributed by atoms with Crippen LogP contribution in [0.15, 0.2) is 36.5 Å². The SMILES string of the molecule is CNc1ccc(C(=O)Nc2cccc(Cl)c2Cl)nc1. The van der Waals surface area contributed by atoms with Gasteiger partial charge in [-0.25, -0.2) is 4.98 Å². The fourth-order valence-corrected chi connectivity index (χ4v) is 1.81. The second-order valence-electron chi connectivity index (χ2n) is 3.74. The number of halogens is 2. The Hall–Kier alpha value is -1.78. The van der Waals surface area contributed by atoms with Crippen molar-refractivity contribution in [2.45, 2.75) is 0 Å². The lowest BCUT2D eigenvalue weighted by Gasteiger charge is -2.08.